The summed E-state index contributed by atoms with van der Waals surface area (Å²) in [6.45, 7) is 0.584. The van der Waals surface area contributed by atoms with E-state index in [0.717, 1.165) is 5.56 Å². The van der Waals surface area contributed by atoms with Gasteiger partial charge in [0.1, 0.15) is 0 Å². The molecule has 1 aromatic carbocycles. The van der Waals surface area contributed by atoms with Gasteiger partial charge in [0, 0.05) is 27.6 Å². The van der Waals surface area contributed by atoms with Gasteiger partial charge >= 0.3 is 0 Å². The van der Waals surface area contributed by atoms with Gasteiger partial charge in [-0.05, 0) is 11.6 Å². The average Bonchev–Trinajstić information content (AvgIpc) is 1.90. The molecule has 0 spiro atoms. The van der Waals surface area contributed by atoms with Gasteiger partial charge in [0.25, 0.3) is 0 Å². The molecule has 0 aliphatic carbocycles. The van der Waals surface area contributed by atoms with Gasteiger partial charge < -0.3 is 5.73 Å². The topological polar surface area (TPSA) is 26.0 Å². The van der Waals surface area contributed by atoms with Crippen molar-refractivity contribution >= 4 is 0 Å². The van der Waals surface area contributed by atoms with Crippen LogP contribution >= 0.6 is 0 Å². The van der Waals surface area contributed by atoms with E-state index in [2.05, 4.69) is 6.07 Å². The van der Waals surface area contributed by atoms with Crippen molar-refractivity contribution in [3.63, 3.8) is 0 Å². The zero-order valence-electron chi connectivity index (χ0n) is 4.91. The average molecular weight is 301 g/mol. The zero-order valence-corrected chi connectivity index (χ0v) is 7.18. The third-order valence-corrected chi connectivity index (χ3v) is 0.993. The van der Waals surface area contributed by atoms with Crippen LogP contribution in [-0.2, 0) is 27.6 Å². The number of benzene rings is 1. The van der Waals surface area contributed by atoms with Crippen LogP contribution in [0.2, 0.25) is 0 Å². The Balaban J connectivity index is 0.000000640. The maximum absolute atomic E-state index is 5.32. The maximum Gasteiger partial charge on any atom is 0.0184 e. The third kappa shape index (κ3) is 2.78. The molecule has 0 atom stereocenters. The summed E-state index contributed by atoms with van der Waals surface area (Å²) in [6, 6.07) is 10.7. The molecule has 0 aliphatic rings. The van der Waals surface area contributed by atoms with Gasteiger partial charge in [-0.1, -0.05) is 24.3 Å². The predicted molar refractivity (Wildman–Crippen MR) is 33.2 cm³/mol. The van der Waals surface area contributed by atoms with Crippen molar-refractivity contribution in [2.45, 2.75) is 6.54 Å². The van der Waals surface area contributed by atoms with Crippen molar-refractivity contribution in [3.05, 3.63) is 35.9 Å². The minimum absolute atomic E-state index is 0. The molecule has 0 bridgehead atoms. The van der Waals surface area contributed by atoms with Crippen molar-refractivity contribution in [1.29, 1.82) is 0 Å². The van der Waals surface area contributed by atoms with E-state index < -0.39 is 0 Å². The van der Waals surface area contributed by atoms with Crippen molar-refractivity contribution in [2.24, 2.45) is 5.73 Å². The molecular formula is C7H8NPt. The summed E-state index contributed by atoms with van der Waals surface area (Å²) in [5, 5.41) is 0. The first-order chi connectivity index (χ1) is 3.93. The van der Waals surface area contributed by atoms with E-state index in [4.69, 9.17) is 5.73 Å². The Morgan fingerprint density at radius 1 is 1.44 bits per heavy atom. The molecule has 0 aromatic heterocycles. The molecule has 0 heterocycles. The van der Waals surface area contributed by atoms with Crippen LogP contribution in [-0.4, -0.2) is 0 Å². The fraction of sp³-hybridized carbons (Fsp3) is 0.143. The van der Waals surface area contributed by atoms with Crippen LogP contribution in [0.4, 0.5) is 0 Å². The molecule has 51 valence electrons. The Morgan fingerprint density at radius 2 is 2.22 bits per heavy atom. The Kier molecular flexibility index (Phi) is 4.65. The molecule has 2 N–H and O–H groups in total. The summed E-state index contributed by atoms with van der Waals surface area (Å²) in [6.07, 6.45) is 0. The summed E-state index contributed by atoms with van der Waals surface area (Å²) >= 11 is 0. The quantitative estimate of drug-likeness (QED) is 0.821. The van der Waals surface area contributed by atoms with E-state index in [1.165, 1.54) is 0 Å². The molecule has 0 amide bonds. The first kappa shape index (κ1) is 8.87. The number of hydrogen-bond acceptors (Lipinski definition) is 1. The molecule has 0 aliphatic heterocycles. The van der Waals surface area contributed by atoms with E-state index >= 15 is 0 Å². The number of nitrogens with two attached hydrogens (primary N) is 1. The van der Waals surface area contributed by atoms with Crippen molar-refractivity contribution in [1.82, 2.24) is 0 Å². The molecule has 0 saturated heterocycles. The standard InChI is InChI=1S/C7H8N.Pt/c8-6-7-4-2-1-3-5-7;/h1-4H,6,8H2;. The van der Waals surface area contributed by atoms with E-state index in [1.807, 2.05) is 24.3 Å². The van der Waals surface area contributed by atoms with E-state index in [0.29, 0.717) is 6.54 Å². The SMILES string of the molecule is NCc1[c]cccc1.[Pt]. The van der Waals surface area contributed by atoms with Gasteiger partial charge in [0.2, 0.25) is 0 Å². The van der Waals surface area contributed by atoms with Crippen LogP contribution < -0.4 is 5.73 Å². The van der Waals surface area contributed by atoms with E-state index in [9.17, 15) is 0 Å². The summed E-state index contributed by atoms with van der Waals surface area (Å²) in [7, 11) is 0. The maximum atomic E-state index is 5.32. The van der Waals surface area contributed by atoms with Crippen molar-refractivity contribution in [2.75, 3.05) is 0 Å². The Morgan fingerprint density at radius 3 is 2.56 bits per heavy atom. The monoisotopic (exact) mass is 301 g/mol. The number of rotatable bonds is 1. The van der Waals surface area contributed by atoms with Gasteiger partial charge in [0.15, 0.2) is 0 Å². The molecular weight excluding hydrogens is 293 g/mol. The fourth-order valence-corrected chi connectivity index (χ4v) is 0.557. The second kappa shape index (κ2) is 4.72. The van der Waals surface area contributed by atoms with Crippen molar-refractivity contribution in [3.8, 4) is 0 Å². The Bertz CT molecular complexity index is 150. The van der Waals surface area contributed by atoms with E-state index in [1.54, 1.807) is 0 Å². The molecule has 1 radical (unpaired) electrons. The van der Waals surface area contributed by atoms with Gasteiger partial charge in [-0.3, -0.25) is 0 Å². The van der Waals surface area contributed by atoms with Gasteiger partial charge in [-0.15, -0.1) is 0 Å². The minimum atomic E-state index is 0. The minimum Gasteiger partial charge on any atom is -0.326 e. The Labute approximate surface area is 69.5 Å². The molecule has 1 nitrogen and oxygen atoms in total. The van der Waals surface area contributed by atoms with Gasteiger partial charge in [-0.2, -0.15) is 0 Å². The second-order valence-electron chi connectivity index (χ2n) is 1.59. The van der Waals surface area contributed by atoms with Crippen LogP contribution in [0.15, 0.2) is 24.3 Å². The third-order valence-electron chi connectivity index (χ3n) is 0.993. The molecule has 9 heavy (non-hydrogen) atoms. The summed E-state index contributed by atoms with van der Waals surface area (Å²) in [4.78, 5) is 0. The second-order valence-corrected chi connectivity index (χ2v) is 1.59. The molecule has 0 saturated carbocycles. The predicted octanol–water partition coefficient (Wildman–Crippen LogP) is 0.943. The first-order valence-electron chi connectivity index (χ1n) is 2.59. The molecule has 2 heteroatoms. The summed E-state index contributed by atoms with van der Waals surface area (Å²) in [5.74, 6) is 0. The summed E-state index contributed by atoms with van der Waals surface area (Å²) in [5.41, 5.74) is 6.38. The van der Waals surface area contributed by atoms with Crippen molar-refractivity contribution < 1.29 is 21.1 Å². The normalized spacial score (nSPS) is 8.11. The van der Waals surface area contributed by atoms with Crippen LogP contribution in [0.3, 0.4) is 0 Å². The van der Waals surface area contributed by atoms with E-state index in [-0.39, 0.29) is 21.1 Å². The van der Waals surface area contributed by atoms with Crippen LogP contribution in [0, 0.1) is 6.07 Å². The molecule has 0 unspecified atom stereocenters. The van der Waals surface area contributed by atoms with Crippen LogP contribution in [0.25, 0.3) is 0 Å². The fourth-order valence-electron chi connectivity index (χ4n) is 0.557. The first-order valence-corrected chi connectivity index (χ1v) is 2.59. The van der Waals surface area contributed by atoms with Gasteiger partial charge in [0.05, 0.1) is 0 Å². The largest absolute Gasteiger partial charge is 0.326 e. The van der Waals surface area contributed by atoms with Crippen LogP contribution in [0.1, 0.15) is 5.56 Å². The summed E-state index contributed by atoms with van der Waals surface area (Å²) < 4.78 is 0. The van der Waals surface area contributed by atoms with Gasteiger partial charge in [-0.25, -0.2) is 0 Å². The zero-order chi connectivity index (χ0) is 5.82. The number of hydrogen-bond donors (Lipinski definition) is 1. The van der Waals surface area contributed by atoms with Crippen LogP contribution in [0.5, 0.6) is 0 Å². The Hall–Kier alpha value is -0.132. The molecule has 1 aromatic rings. The molecule has 1 rings (SSSR count). The molecule has 0 fully saturated rings. The smallest absolute Gasteiger partial charge is 0.0184 e.